The van der Waals surface area contributed by atoms with Crippen molar-refractivity contribution >= 4 is 27.8 Å². The van der Waals surface area contributed by atoms with Crippen LogP contribution >= 0.6 is 0 Å². The molecule has 31 heavy (non-hydrogen) atoms. The van der Waals surface area contributed by atoms with E-state index in [1.807, 2.05) is 24.3 Å². The smallest absolute Gasteiger partial charge is 0.227 e. The molecular formula is C28H28N2O. The number of aryl methyl sites for hydroxylation is 1. The molecule has 0 unspecified atom stereocenters. The summed E-state index contributed by atoms with van der Waals surface area (Å²) in [7, 11) is 0. The Morgan fingerprint density at radius 2 is 1.81 bits per heavy atom. The zero-order chi connectivity index (χ0) is 21.8. The van der Waals surface area contributed by atoms with E-state index in [0.717, 1.165) is 63.7 Å². The van der Waals surface area contributed by atoms with Crippen molar-refractivity contribution in [2.75, 3.05) is 6.54 Å². The minimum Gasteiger partial charge on any atom is -0.437 e. The van der Waals surface area contributed by atoms with Gasteiger partial charge in [-0.15, -0.1) is 0 Å². The molecule has 0 saturated heterocycles. The monoisotopic (exact) mass is 408 g/mol. The van der Waals surface area contributed by atoms with E-state index in [-0.39, 0.29) is 0 Å². The zero-order valence-corrected chi connectivity index (χ0v) is 18.3. The Morgan fingerprint density at radius 1 is 1.03 bits per heavy atom. The molecule has 4 aromatic rings. The van der Waals surface area contributed by atoms with Crippen LogP contribution in [-0.2, 0) is 6.42 Å². The van der Waals surface area contributed by atoms with Gasteiger partial charge in [-0.05, 0) is 36.6 Å². The van der Waals surface area contributed by atoms with Crippen LogP contribution in [0.15, 0.2) is 88.8 Å². The summed E-state index contributed by atoms with van der Waals surface area (Å²) in [6.07, 6.45) is 4.73. The molecule has 2 aromatic carbocycles. The molecule has 0 radical (unpaired) electrons. The average Bonchev–Trinajstić information content (AvgIpc) is 3.18. The molecule has 3 heteroatoms. The summed E-state index contributed by atoms with van der Waals surface area (Å²) < 4.78 is 6.39. The molecule has 156 valence electrons. The van der Waals surface area contributed by atoms with Crippen LogP contribution in [0.5, 0.6) is 0 Å². The molecule has 2 heterocycles. The minimum absolute atomic E-state index is 0.594. The van der Waals surface area contributed by atoms with Gasteiger partial charge in [0.25, 0.3) is 0 Å². The molecular weight excluding hydrogens is 380 g/mol. The lowest BCUT2D eigenvalue weighted by Gasteiger charge is -2.10. The van der Waals surface area contributed by atoms with Gasteiger partial charge < -0.3 is 4.42 Å². The van der Waals surface area contributed by atoms with Gasteiger partial charge in [-0.1, -0.05) is 81.5 Å². The number of fused-ring (bicyclic) bond motifs is 3. The highest BCUT2D eigenvalue weighted by Gasteiger charge is 2.18. The predicted octanol–water partition coefficient (Wildman–Crippen LogP) is 7.54. The SMILES string of the molecule is C=CC(=NCC(=C)CC)c1c(CCC)ccc2c1oc1nc(-c3ccccc3)ccc12. The molecule has 0 atom stereocenters. The topological polar surface area (TPSA) is 38.4 Å². The van der Waals surface area contributed by atoms with E-state index in [0.29, 0.717) is 12.3 Å². The van der Waals surface area contributed by atoms with Crippen LogP contribution in [0.3, 0.4) is 0 Å². The second-order valence-corrected chi connectivity index (χ2v) is 7.75. The van der Waals surface area contributed by atoms with Crippen molar-refractivity contribution in [1.82, 2.24) is 4.98 Å². The van der Waals surface area contributed by atoms with Crippen LogP contribution in [0.1, 0.15) is 37.8 Å². The first-order valence-corrected chi connectivity index (χ1v) is 10.9. The van der Waals surface area contributed by atoms with Crippen LogP contribution < -0.4 is 0 Å². The standard InChI is InChI=1S/C28H28N2O/c1-5-11-21-14-15-22-23-16-17-25(20-12-9-8-10-13-20)30-28(23)31-27(22)26(21)24(7-3)29-18-19(4)6-2/h7-10,12-17H,3-6,11,18H2,1-2H3. The van der Waals surface area contributed by atoms with Gasteiger partial charge in [0.1, 0.15) is 5.58 Å². The van der Waals surface area contributed by atoms with Crippen molar-refractivity contribution in [1.29, 1.82) is 0 Å². The number of aliphatic imine (C=N–C) groups is 1. The van der Waals surface area contributed by atoms with Crippen LogP contribution in [0.2, 0.25) is 0 Å². The molecule has 0 aliphatic carbocycles. The molecule has 0 spiro atoms. The van der Waals surface area contributed by atoms with Gasteiger partial charge in [0.2, 0.25) is 5.71 Å². The number of furan rings is 1. The van der Waals surface area contributed by atoms with Crippen LogP contribution in [0, 0.1) is 0 Å². The number of rotatable bonds is 8. The lowest BCUT2D eigenvalue weighted by Crippen LogP contribution is -2.04. The van der Waals surface area contributed by atoms with E-state index in [2.05, 4.69) is 63.4 Å². The van der Waals surface area contributed by atoms with E-state index in [1.54, 1.807) is 0 Å². The molecule has 2 aromatic heterocycles. The quantitative estimate of drug-likeness (QED) is 0.223. The molecule has 0 amide bonds. The van der Waals surface area contributed by atoms with Crippen molar-refractivity contribution < 1.29 is 4.42 Å². The van der Waals surface area contributed by atoms with Gasteiger partial charge in [0.05, 0.1) is 18.0 Å². The molecule has 0 N–H and O–H groups in total. The van der Waals surface area contributed by atoms with E-state index in [9.17, 15) is 0 Å². The fourth-order valence-electron chi connectivity index (χ4n) is 3.84. The highest BCUT2D eigenvalue weighted by atomic mass is 16.3. The van der Waals surface area contributed by atoms with Crippen LogP contribution in [0.4, 0.5) is 0 Å². The Morgan fingerprint density at radius 3 is 2.52 bits per heavy atom. The van der Waals surface area contributed by atoms with Crippen LogP contribution in [0.25, 0.3) is 33.3 Å². The Hall–Kier alpha value is -3.46. The highest BCUT2D eigenvalue weighted by molar-refractivity contribution is 6.19. The average molecular weight is 409 g/mol. The third kappa shape index (κ3) is 4.09. The maximum atomic E-state index is 6.39. The van der Waals surface area contributed by atoms with E-state index < -0.39 is 0 Å². The molecule has 0 saturated carbocycles. The van der Waals surface area contributed by atoms with Gasteiger partial charge in [-0.2, -0.15) is 0 Å². The van der Waals surface area contributed by atoms with E-state index in [4.69, 9.17) is 14.4 Å². The van der Waals surface area contributed by atoms with Crippen molar-refractivity contribution in [3.8, 4) is 11.3 Å². The predicted molar refractivity (Wildman–Crippen MR) is 132 cm³/mol. The Kier molecular flexibility index (Phi) is 6.13. The molecule has 0 fully saturated rings. The summed E-state index contributed by atoms with van der Waals surface area (Å²) in [5.41, 5.74) is 7.65. The lowest BCUT2D eigenvalue weighted by molar-refractivity contribution is 0.653. The molecule has 4 rings (SSSR count). The number of allylic oxidation sites excluding steroid dienone is 1. The van der Waals surface area contributed by atoms with Crippen molar-refractivity contribution in [2.24, 2.45) is 4.99 Å². The first kappa shape index (κ1) is 20.8. The Balaban J connectivity index is 1.93. The first-order chi connectivity index (χ1) is 15.2. The summed E-state index contributed by atoms with van der Waals surface area (Å²) in [4.78, 5) is 9.66. The summed E-state index contributed by atoms with van der Waals surface area (Å²) in [5, 5.41) is 2.07. The van der Waals surface area contributed by atoms with Crippen molar-refractivity contribution in [2.45, 2.75) is 33.1 Å². The second kappa shape index (κ2) is 9.13. The first-order valence-electron chi connectivity index (χ1n) is 10.9. The number of benzene rings is 2. The third-order valence-electron chi connectivity index (χ3n) is 5.60. The van der Waals surface area contributed by atoms with Gasteiger partial charge in [-0.25, -0.2) is 4.98 Å². The highest BCUT2D eigenvalue weighted by Crippen LogP contribution is 2.34. The lowest BCUT2D eigenvalue weighted by atomic mass is 9.96. The van der Waals surface area contributed by atoms with Crippen molar-refractivity contribution in [3.05, 3.63) is 90.5 Å². The summed E-state index contributed by atoms with van der Waals surface area (Å²) >= 11 is 0. The van der Waals surface area contributed by atoms with Gasteiger partial charge in [-0.3, -0.25) is 4.99 Å². The number of nitrogens with zero attached hydrogens (tertiary/aromatic N) is 2. The summed E-state index contributed by atoms with van der Waals surface area (Å²) in [6.45, 7) is 13.0. The third-order valence-corrected chi connectivity index (χ3v) is 5.60. The normalized spacial score (nSPS) is 11.9. The molecule has 3 nitrogen and oxygen atoms in total. The van der Waals surface area contributed by atoms with E-state index in [1.165, 1.54) is 5.56 Å². The zero-order valence-electron chi connectivity index (χ0n) is 18.3. The summed E-state index contributed by atoms with van der Waals surface area (Å²) in [6, 6.07) is 18.7. The molecule has 0 aliphatic rings. The fourth-order valence-corrected chi connectivity index (χ4v) is 3.84. The maximum absolute atomic E-state index is 6.39. The summed E-state index contributed by atoms with van der Waals surface area (Å²) in [5.74, 6) is 0. The second-order valence-electron chi connectivity index (χ2n) is 7.75. The van der Waals surface area contributed by atoms with Gasteiger partial charge in [0, 0.05) is 21.9 Å². The van der Waals surface area contributed by atoms with Gasteiger partial charge >= 0.3 is 0 Å². The Bertz CT molecular complexity index is 1280. The fraction of sp³-hybridized carbons (Fsp3) is 0.214. The maximum Gasteiger partial charge on any atom is 0.227 e. The number of pyridine rings is 1. The van der Waals surface area contributed by atoms with E-state index >= 15 is 0 Å². The number of hydrogen-bond acceptors (Lipinski definition) is 3. The minimum atomic E-state index is 0.594. The largest absolute Gasteiger partial charge is 0.437 e. The molecule has 0 aliphatic heterocycles. The van der Waals surface area contributed by atoms with Crippen LogP contribution in [-0.4, -0.2) is 17.2 Å². The van der Waals surface area contributed by atoms with Crippen molar-refractivity contribution in [3.63, 3.8) is 0 Å². The number of hydrogen-bond donors (Lipinski definition) is 0. The number of aromatic nitrogens is 1. The molecule has 0 bridgehead atoms. The Labute approximate surface area is 183 Å². The van der Waals surface area contributed by atoms with Gasteiger partial charge in [0.15, 0.2) is 0 Å².